The molecule has 2 saturated heterocycles. The molecule has 2 atom stereocenters. The van der Waals surface area contributed by atoms with Gasteiger partial charge in [-0.1, -0.05) is 35.5 Å². The zero-order valence-electron chi connectivity index (χ0n) is 9.92. The van der Waals surface area contributed by atoms with Crippen LogP contribution in [-0.2, 0) is 6.54 Å². The van der Waals surface area contributed by atoms with Crippen LogP contribution in [0.2, 0.25) is 0 Å². The lowest BCUT2D eigenvalue weighted by Crippen LogP contribution is -2.42. The summed E-state index contributed by atoms with van der Waals surface area (Å²) in [5.74, 6) is 0. The third-order valence-electron chi connectivity index (χ3n) is 4.06. The topological polar surface area (TPSA) is 35.8 Å². The van der Waals surface area contributed by atoms with Crippen molar-refractivity contribution in [1.29, 1.82) is 0 Å². The van der Waals surface area contributed by atoms with Crippen molar-refractivity contribution in [3.63, 3.8) is 0 Å². The molecule has 0 radical (unpaired) electrons. The maximum atomic E-state index is 8.90. The summed E-state index contributed by atoms with van der Waals surface area (Å²) in [6.07, 6.45) is 4.38. The predicted molar refractivity (Wildman–Crippen MR) is 67.3 cm³/mol. The summed E-state index contributed by atoms with van der Waals surface area (Å²) >= 11 is 0. The first-order valence-electron chi connectivity index (χ1n) is 6.36. The summed E-state index contributed by atoms with van der Waals surface area (Å²) in [6, 6.07) is 11.8. The van der Waals surface area contributed by atoms with E-state index in [2.05, 4.69) is 40.4 Å². The molecular weight excluding hydrogens is 212 g/mol. The largest absolute Gasteiger partial charge is 0.411 e. The number of hydrogen-bond acceptors (Lipinski definition) is 3. The molecule has 2 fully saturated rings. The van der Waals surface area contributed by atoms with Crippen molar-refractivity contribution >= 4 is 5.71 Å². The highest BCUT2D eigenvalue weighted by molar-refractivity contribution is 5.86. The van der Waals surface area contributed by atoms with Crippen LogP contribution in [0.15, 0.2) is 35.5 Å². The minimum absolute atomic E-state index is 0.583. The van der Waals surface area contributed by atoms with Gasteiger partial charge in [0.05, 0.1) is 5.71 Å². The molecule has 2 bridgehead atoms. The average molecular weight is 230 g/mol. The molecule has 3 rings (SSSR count). The molecule has 17 heavy (non-hydrogen) atoms. The van der Waals surface area contributed by atoms with E-state index < -0.39 is 0 Å². The van der Waals surface area contributed by atoms with Gasteiger partial charge in [-0.15, -0.1) is 0 Å². The van der Waals surface area contributed by atoms with E-state index in [-0.39, 0.29) is 0 Å². The van der Waals surface area contributed by atoms with Crippen molar-refractivity contribution in [2.75, 3.05) is 0 Å². The lowest BCUT2D eigenvalue weighted by atomic mass is 10.00. The third-order valence-corrected chi connectivity index (χ3v) is 4.06. The maximum absolute atomic E-state index is 8.90. The summed E-state index contributed by atoms with van der Waals surface area (Å²) in [6.45, 7) is 1.04. The maximum Gasteiger partial charge on any atom is 0.0601 e. The van der Waals surface area contributed by atoms with Crippen LogP contribution in [0.3, 0.4) is 0 Å². The summed E-state index contributed by atoms with van der Waals surface area (Å²) in [5, 5.41) is 12.3. The highest BCUT2D eigenvalue weighted by Crippen LogP contribution is 2.35. The van der Waals surface area contributed by atoms with Crippen molar-refractivity contribution < 1.29 is 5.21 Å². The Morgan fingerprint density at radius 3 is 2.35 bits per heavy atom. The molecule has 0 saturated carbocycles. The molecule has 3 heteroatoms. The lowest BCUT2D eigenvalue weighted by molar-refractivity contribution is 0.171. The van der Waals surface area contributed by atoms with Gasteiger partial charge in [0.25, 0.3) is 0 Å². The van der Waals surface area contributed by atoms with Gasteiger partial charge in [0, 0.05) is 31.5 Å². The van der Waals surface area contributed by atoms with Gasteiger partial charge in [-0.25, -0.2) is 0 Å². The van der Waals surface area contributed by atoms with Crippen LogP contribution in [0, 0.1) is 0 Å². The fraction of sp³-hybridized carbons (Fsp3) is 0.500. The zero-order valence-corrected chi connectivity index (χ0v) is 9.92. The van der Waals surface area contributed by atoms with E-state index in [9.17, 15) is 0 Å². The van der Waals surface area contributed by atoms with Crippen molar-refractivity contribution in [3.8, 4) is 0 Å². The molecule has 1 aromatic carbocycles. The lowest BCUT2D eigenvalue weighted by Gasteiger charge is -2.35. The Morgan fingerprint density at radius 2 is 1.76 bits per heavy atom. The summed E-state index contributed by atoms with van der Waals surface area (Å²) in [4.78, 5) is 2.59. The van der Waals surface area contributed by atoms with Crippen LogP contribution < -0.4 is 0 Å². The minimum Gasteiger partial charge on any atom is -0.411 e. The van der Waals surface area contributed by atoms with Crippen LogP contribution in [0.4, 0.5) is 0 Å². The quantitative estimate of drug-likeness (QED) is 0.626. The molecule has 90 valence electrons. The number of nitrogens with zero attached hydrogens (tertiary/aromatic N) is 2. The van der Waals surface area contributed by atoms with E-state index in [1.807, 2.05) is 0 Å². The molecular formula is C14H18N2O. The van der Waals surface area contributed by atoms with Gasteiger partial charge in [0.2, 0.25) is 0 Å². The Kier molecular flexibility index (Phi) is 2.85. The molecule has 3 nitrogen and oxygen atoms in total. The number of oxime groups is 1. The highest BCUT2D eigenvalue weighted by atomic mass is 16.4. The first kappa shape index (κ1) is 10.8. The van der Waals surface area contributed by atoms with Crippen LogP contribution in [-0.4, -0.2) is 27.9 Å². The molecule has 0 aromatic heterocycles. The van der Waals surface area contributed by atoms with Crippen molar-refractivity contribution in [2.45, 2.75) is 44.3 Å². The Labute approximate surface area is 102 Å². The van der Waals surface area contributed by atoms with Gasteiger partial charge in [-0.2, -0.15) is 0 Å². The first-order chi connectivity index (χ1) is 8.36. The molecule has 2 aliphatic heterocycles. The summed E-state index contributed by atoms with van der Waals surface area (Å²) in [7, 11) is 0. The number of hydrogen-bond donors (Lipinski definition) is 1. The molecule has 0 spiro atoms. The Balaban J connectivity index is 1.74. The summed E-state index contributed by atoms with van der Waals surface area (Å²) < 4.78 is 0. The van der Waals surface area contributed by atoms with E-state index in [0.717, 1.165) is 25.1 Å². The van der Waals surface area contributed by atoms with E-state index in [1.54, 1.807) is 0 Å². The SMILES string of the molecule is ON=C1C[C@@H]2CC[C@@H](C1)N2Cc1ccccc1. The normalized spacial score (nSPS) is 28.4. The molecule has 1 aromatic rings. The Morgan fingerprint density at radius 1 is 1.12 bits per heavy atom. The van der Waals surface area contributed by atoms with Gasteiger partial charge in [0.15, 0.2) is 0 Å². The number of rotatable bonds is 2. The number of piperidine rings is 1. The second-order valence-corrected chi connectivity index (χ2v) is 5.12. The number of fused-ring (bicyclic) bond motifs is 2. The highest BCUT2D eigenvalue weighted by Gasteiger charge is 2.39. The van der Waals surface area contributed by atoms with Gasteiger partial charge in [-0.3, -0.25) is 4.90 Å². The van der Waals surface area contributed by atoms with Gasteiger partial charge < -0.3 is 5.21 Å². The molecule has 0 aliphatic carbocycles. The predicted octanol–water partition coefficient (Wildman–Crippen LogP) is 2.64. The van der Waals surface area contributed by atoms with Gasteiger partial charge >= 0.3 is 0 Å². The van der Waals surface area contributed by atoms with Crippen LogP contribution in [0.1, 0.15) is 31.2 Å². The molecule has 0 unspecified atom stereocenters. The van der Waals surface area contributed by atoms with E-state index in [1.165, 1.54) is 18.4 Å². The monoisotopic (exact) mass is 230 g/mol. The molecule has 2 aliphatic rings. The second kappa shape index (κ2) is 4.49. The van der Waals surface area contributed by atoms with Crippen LogP contribution in [0.5, 0.6) is 0 Å². The smallest absolute Gasteiger partial charge is 0.0601 e. The molecule has 1 N–H and O–H groups in total. The Hall–Kier alpha value is -1.35. The van der Waals surface area contributed by atoms with Gasteiger partial charge in [0.1, 0.15) is 0 Å². The van der Waals surface area contributed by atoms with Gasteiger partial charge in [-0.05, 0) is 18.4 Å². The van der Waals surface area contributed by atoms with E-state index in [4.69, 9.17) is 5.21 Å². The van der Waals surface area contributed by atoms with Crippen molar-refractivity contribution in [3.05, 3.63) is 35.9 Å². The Bertz CT molecular complexity index is 399. The summed E-state index contributed by atoms with van der Waals surface area (Å²) in [5.41, 5.74) is 2.37. The fourth-order valence-corrected chi connectivity index (χ4v) is 3.21. The second-order valence-electron chi connectivity index (χ2n) is 5.12. The van der Waals surface area contributed by atoms with E-state index in [0.29, 0.717) is 12.1 Å². The fourth-order valence-electron chi connectivity index (χ4n) is 3.21. The first-order valence-corrected chi connectivity index (χ1v) is 6.36. The minimum atomic E-state index is 0.583. The molecule has 0 amide bonds. The zero-order chi connectivity index (χ0) is 11.7. The standard InChI is InChI=1S/C14H18N2O/c17-15-12-8-13-6-7-14(9-12)16(13)10-11-4-2-1-3-5-11/h1-5,13-14,17H,6-10H2/t13-,14-/m0/s1. The van der Waals surface area contributed by atoms with Crippen LogP contribution in [0.25, 0.3) is 0 Å². The van der Waals surface area contributed by atoms with E-state index >= 15 is 0 Å². The third kappa shape index (κ3) is 2.07. The number of benzene rings is 1. The molecule has 2 heterocycles. The van der Waals surface area contributed by atoms with Crippen molar-refractivity contribution in [1.82, 2.24) is 4.90 Å². The van der Waals surface area contributed by atoms with Crippen molar-refractivity contribution in [2.24, 2.45) is 5.16 Å². The average Bonchev–Trinajstić information content (AvgIpc) is 2.63. The van der Waals surface area contributed by atoms with Crippen LogP contribution >= 0.6 is 0 Å².